The van der Waals surface area contributed by atoms with Crippen molar-refractivity contribution in [2.45, 2.75) is 115 Å². The standard InChI is InChI=1S/C23H44O5/c1-2-3-4-5-6-7-8-9-10-11-12-13-14-15-16-17-27-21-19-28-23(22(21)26)20(25)18-24/h5-6,20-26H,2-4,7-19H2,1H3/b6-5+/t20-,21+,22+,23+/m0/s1. The zero-order valence-corrected chi connectivity index (χ0v) is 17.9. The van der Waals surface area contributed by atoms with Gasteiger partial charge in [0.1, 0.15) is 24.4 Å². The van der Waals surface area contributed by atoms with E-state index in [-0.39, 0.29) is 6.61 Å². The Hall–Kier alpha value is -0.460. The molecule has 4 atom stereocenters. The highest BCUT2D eigenvalue weighted by Crippen LogP contribution is 2.20. The van der Waals surface area contributed by atoms with Gasteiger partial charge in [-0.3, -0.25) is 0 Å². The van der Waals surface area contributed by atoms with E-state index in [0.717, 1.165) is 12.8 Å². The summed E-state index contributed by atoms with van der Waals surface area (Å²) < 4.78 is 11.0. The second-order valence-electron chi connectivity index (χ2n) is 8.03. The van der Waals surface area contributed by atoms with Crippen LogP contribution in [0, 0.1) is 0 Å². The zero-order chi connectivity index (χ0) is 20.5. The molecule has 28 heavy (non-hydrogen) atoms. The van der Waals surface area contributed by atoms with Crippen LogP contribution in [-0.2, 0) is 9.47 Å². The Balaban J connectivity index is 1.83. The molecule has 5 heteroatoms. The van der Waals surface area contributed by atoms with Crippen molar-refractivity contribution >= 4 is 0 Å². The average Bonchev–Trinajstić information content (AvgIpc) is 3.07. The summed E-state index contributed by atoms with van der Waals surface area (Å²) in [5.41, 5.74) is 0. The van der Waals surface area contributed by atoms with Crippen molar-refractivity contribution in [3.63, 3.8) is 0 Å². The molecule has 0 unspecified atom stereocenters. The highest BCUT2D eigenvalue weighted by atomic mass is 16.6. The second kappa shape index (κ2) is 17.4. The lowest BCUT2D eigenvalue weighted by Crippen LogP contribution is -2.41. The number of hydrogen-bond donors (Lipinski definition) is 3. The number of unbranched alkanes of at least 4 members (excludes halogenated alkanes) is 11. The van der Waals surface area contributed by atoms with Gasteiger partial charge >= 0.3 is 0 Å². The van der Waals surface area contributed by atoms with E-state index < -0.39 is 31.0 Å². The molecule has 5 nitrogen and oxygen atoms in total. The summed E-state index contributed by atoms with van der Waals surface area (Å²) in [7, 11) is 0. The summed E-state index contributed by atoms with van der Waals surface area (Å²) in [4.78, 5) is 0. The van der Waals surface area contributed by atoms with Crippen LogP contribution in [0.15, 0.2) is 12.2 Å². The number of aliphatic hydroxyl groups excluding tert-OH is 3. The predicted octanol–water partition coefficient (Wildman–Crippen LogP) is 4.13. The molecular formula is C23H44O5. The van der Waals surface area contributed by atoms with E-state index in [1.807, 2.05) is 0 Å². The Morgan fingerprint density at radius 3 is 2.11 bits per heavy atom. The van der Waals surface area contributed by atoms with Gasteiger partial charge < -0.3 is 24.8 Å². The van der Waals surface area contributed by atoms with E-state index >= 15 is 0 Å². The van der Waals surface area contributed by atoms with Crippen LogP contribution in [-0.4, -0.2) is 59.6 Å². The summed E-state index contributed by atoms with van der Waals surface area (Å²) in [6.45, 7) is 2.71. The summed E-state index contributed by atoms with van der Waals surface area (Å²) in [6, 6.07) is 0. The second-order valence-corrected chi connectivity index (χ2v) is 8.03. The van der Waals surface area contributed by atoms with Crippen LogP contribution in [0.1, 0.15) is 90.4 Å². The monoisotopic (exact) mass is 400 g/mol. The fraction of sp³-hybridized carbons (Fsp3) is 0.913. The van der Waals surface area contributed by atoms with Gasteiger partial charge in [0.25, 0.3) is 0 Å². The molecule has 1 rings (SSSR count). The lowest BCUT2D eigenvalue weighted by molar-refractivity contribution is -0.0730. The molecule has 1 heterocycles. The fourth-order valence-electron chi connectivity index (χ4n) is 3.60. The van der Waals surface area contributed by atoms with Crippen LogP contribution >= 0.6 is 0 Å². The molecule has 1 saturated heterocycles. The number of aliphatic hydroxyl groups is 3. The molecule has 0 spiro atoms. The first-order valence-electron chi connectivity index (χ1n) is 11.6. The number of hydrogen-bond acceptors (Lipinski definition) is 5. The van der Waals surface area contributed by atoms with Crippen molar-refractivity contribution in [3.8, 4) is 0 Å². The largest absolute Gasteiger partial charge is 0.394 e. The Bertz CT molecular complexity index is 374. The van der Waals surface area contributed by atoms with Crippen molar-refractivity contribution in [1.29, 1.82) is 0 Å². The quantitative estimate of drug-likeness (QED) is 0.238. The van der Waals surface area contributed by atoms with E-state index in [2.05, 4.69) is 19.1 Å². The Morgan fingerprint density at radius 1 is 0.929 bits per heavy atom. The minimum Gasteiger partial charge on any atom is -0.394 e. The molecule has 0 aromatic rings. The molecule has 0 bridgehead atoms. The third kappa shape index (κ3) is 11.5. The van der Waals surface area contributed by atoms with Crippen LogP contribution in [0.5, 0.6) is 0 Å². The normalized spacial score (nSPS) is 23.6. The SMILES string of the molecule is CCCC/C=C/CCCCCCCCCCCO[C@@H]1CO[C@H]([C@@H](O)CO)[C@@H]1O. The minimum absolute atomic E-state index is 0.275. The third-order valence-electron chi connectivity index (χ3n) is 5.47. The topological polar surface area (TPSA) is 79.2 Å². The van der Waals surface area contributed by atoms with E-state index in [1.54, 1.807) is 0 Å². The maximum Gasteiger partial charge on any atom is 0.114 e. The molecule has 0 aromatic carbocycles. The maximum absolute atomic E-state index is 10.1. The minimum atomic E-state index is -1.05. The molecule has 0 aliphatic carbocycles. The van der Waals surface area contributed by atoms with E-state index in [1.165, 1.54) is 70.6 Å². The molecule has 166 valence electrons. The summed E-state index contributed by atoms with van der Waals surface area (Å²) in [6.07, 6.45) is 18.1. The van der Waals surface area contributed by atoms with Gasteiger partial charge in [-0.05, 0) is 25.7 Å². The fourth-order valence-corrected chi connectivity index (χ4v) is 3.60. The van der Waals surface area contributed by atoms with E-state index in [9.17, 15) is 10.2 Å². The predicted molar refractivity (Wildman–Crippen MR) is 113 cm³/mol. The van der Waals surface area contributed by atoms with Crippen LogP contribution in [0.4, 0.5) is 0 Å². The molecule has 1 fully saturated rings. The van der Waals surface area contributed by atoms with Gasteiger partial charge in [-0.15, -0.1) is 0 Å². The maximum atomic E-state index is 10.1. The molecule has 1 aliphatic rings. The van der Waals surface area contributed by atoms with E-state index in [4.69, 9.17) is 14.6 Å². The van der Waals surface area contributed by atoms with Gasteiger partial charge in [0, 0.05) is 6.61 Å². The first kappa shape index (κ1) is 25.6. The van der Waals surface area contributed by atoms with Crippen LogP contribution < -0.4 is 0 Å². The average molecular weight is 401 g/mol. The van der Waals surface area contributed by atoms with Gasteiger partial charge in [0.15, 0.2) is 0 Å². The van der Waals surface area contributed by atoms with Crippen LogP contribution in [0.2, 0.25) is 0 Å². The molecule has 0 amide bonds. The highest BCUT2D eigenvalue weighted by Gasteiger charge is 2.40. The number of ether oxygens (including phenoxy) is 2. The number of allylic oxidation sites excluding steroid dienone is 2. The van der Waals surface area contributed by atoms with Crippen molar-refractivity contribution in [1.82, 2.24) is 0 Å². The Morgan fingerprint density at radius 2 is 1.50 bits per heavy atom. The molecule has 3 N–H and O–H groups in total. The lowest BCUT2D eigenvalue weighted by atomic mass is 10.1. The van der Waals surface area contributed by atoms with Crippen molar-refractivity contribution in [2.24, 2.45) is 0 Å². The van der Waals surface area contributed by atoms with Gasteiger partial charge in [0.2, 0.25) is 0 Å². The Labute approximate surface area is 172 Å². The van der Waals surface area contributed by atoms with Gasteiger partial charge in [-0.2, -0.15) is 0 Å². The van der Waals surface area contributed by atoms with Crippen molar-refractivity contribution < 1.29 is 24.8 Å². The zero-order valence-electron chi connectivity index (χ0n) is 17.9. The highest BCUT2D eigenvalue weighted by molar-refractivity contribution is 4.88. The first-order valence-corrected chi connectivity index (χ1v) is 11.6. The summed E-state index contributed by atoms with van der Waals surface area (Å²) in [5.74, 6) is 0. The molecule has 0 aromatic heterocycles. The van der Waals surface area contributed by atoms with Crippen molar-refractivity contribution in [3.05, 3.63) is 12.2 Å². The van der Waals surface area contributed by atoms with Crippen molar-refractivity contribution in [2.75, 3.05) is 19.8 Å². The van der Waals surface area contributed by atoms with Gasteiger partial charge in [-0.1, -0.05) is 76.9 Å². The number of rotatable bonds is 18. The van der Waals surface area contributed by atoms with Crippen LogP contribution in [0.25, 0.3) is 0 Å². The lowest BCUT2D eigenvalue weighted by Gasteiger charge is -2.20. The molecular weight excluding hydrogens is 356 g/mol. The van der Waals surface area contributed by atoms with Crippen LogP contribution in [0.3, 0.4) is 0 Å². The van der Waals surface area contributed by atoms with Gasteiger partial charge in [0.05, 0.1) is 13.2 Å². The molecule has 1 aliphatic heterocycles. The third-order valence-corrected chi connectivity index (χ3v) is 5.47. The molecule has 0 radical (unpaired) electrons. The summed E-state index contributed by atoms with van der Waals surface area (Å²) in [5, 5.41) is 28.6. The summed E-state index contributed by atoms with van der Waals surface area (Å²) >= 11 is 0. The Kier molecular flexibility index (Phi) is 15.9. The smallest absolute Gasteiger partial charge is 0.114 e. The van der Waals surface area contributed by atoms with Gasteiger partial charge in [-0.25, -0.2) is 0 Å². The first-order chi connectivity index (χ1) is 13.7. The van der Waals surface area contributed by atoms with E-state index in [0.29, 0.717) is 6.61 Å². The molecule has 0 saturated carbocycles.